The summed E-state index contributed by atoms with van der Waals surface area (Å²) in [7, 11) is 0. The van der Waals surface area contributed by atoms with E-state index in [1.807, 2.05) is 0 Å². The Bertz CT molecular complexity index is 294. The molecule has 0 aromatic heterocycles. The lowest BCUT2D eigenvalue weighted by molar-refractivity contribution is 0.238. The van der Waals surface area contributed by atoms with Gasteiger partial charge in [0, 0.05) is 13.1 Å². The van der Waals surface area contributed by atoms with Crippen molar-refractivity contribution in [3.8, 4) is 0 Å². The van der Waals surface area contributed by atoms with E-state index >= 15 is 0 Å². The number of rotatable bonds is 3. The van der Waals surface area contributed by atoms with Crippen molar-refractivity contribution >= 4 is 0 Å². The van der Waals surface area contributed by atoms with Gasteiger partial charge in [-0.3, -0.25) is 4.90 Å². The van der Waals surface area contributed by atoms with Crippen molar-refractivity contribution in [2.45, 2.75) is 39.2 Å². The van der Waals surface area contributed by atoms with Gasteiger partial charge in [-0.25, -0.2) is 0 Å². The molecule has 1 nitrogen and oxygen atoms in total. The Morgan fingerprint density at radius 3 is 2.75 bits per heavy atom. The summed E-state index contributed by atoms with van der Waals surface area (Å²) in [4.78, 5) is 2.64. The van der Waals surface area contributed by atoms with Gasteiger partial charge in [0.05, 0.1) is 0 Å². The summed E-state index contributed by atoms with van der Waals surface area (Å²) in [6.07, 6.45) is 5.57. The van der Waals surface area contributed by atoms with Gasteiger partial charge in [0.1, 0.15) is 0 Å². The molecule has 0 amide bonds. The smallest absolute Gasteiger partial charge is 0.0233 e. The normalized spacial score (nSPS) is 22.9. The molecule has 0 saturated carbocycles. The number of nitrogens with zero attached hydrogens (tertiary/aromatic N) is 1. The summed E-state index contributed by atoms with van der Waals surface area (Å²) in [6.45, 7) is 6.05. The molecule has 0 bridgehead atoms. The van der Waals surface area contributed by atoms with Gasteiger partial charge >= 0.3 is 0 Å². The summed E-state index contributed by atoms with van der Waals surface area (Å²) in [5, 5.41) is 0. The van der Waals surface area contributed by atoms with Crippen molar-refractivity contribution in [3.63, 3.8) is 0 Å². The van der Waals surface area contributed by atoms with E-state index in [1.54, 1.807) is 0 Å². The first-order valence-electron chi connectivity index (χ1n) is 6.64. The number of hydrogen-bond acceptors (Lipinski definition) is 1. The summed E-state index contributed by atoms with van der Waals surface area (Å²) >= 11 is 0. The number of likely N-dealkylation sites (tertiary alicyclic amines) is 1. The molecule has 16 heavy (non-hydrogen) atoms. The molecule has 0 aliphatic carbocycles. The van der Waals surface area contributed by atoms with Crippen molar-refractivity contribution in [3.05, 3.63) is 35.9 Å². The van der Waals surface area contributed by atoms with Crippen LogP contribution in [0.2, 0.25) is 0 Å². The highest BCUT2D eigenvalue weighted by Crippen LogP contribution is 2.20. The summed E-state index contributed by atoms with van der Waals surface area (Å²) in [5.41, 5.74) is 1.46. The molecule has 1 aliphatic rings. The molecule has 1 heterocycles. The Hall–Kier alpha value is -0.820. The molecule has 0 spiro atoms. The Morgan fingerprint density at radius 1 is 1.19 bits per heavy atom. The molecule has 1 aromatic rings. The molecule has 1 aliphatic heterocycles. The van der Waals surface area contributed by atoms with Gasteiger partial charge in [-0.2, -0.15) is 0 Å². The van der Waals surface area contributed by atoms with Gasteiger partial charge in [0.2, 0.25) is 0 Å². The molecule has 1 saturated heterocycles. The highest BCUT2D eigenvalue weighted by molar-refractivity contribution is 5.14. The van der Waals surface area contributed by atoms with Crippen LogP contribution in [0.5, 0.6) is 0 Å². The van der Waals surface area contributed by atoms with Crippen LogP contribution >= 0.6 is 0 Å². The average molecular weight is 217 g/mol. The van der Waals surface area contributed by atoms with Gasteiger partial charge in [0.25, 0.3) is 0 Å². The van der Waals surface area contributed by atoms with E-state index in [-0.39, 0.29) is 0 Å². The minimum Gasteiger partial charge on any atom is -0.299 e. The highest BCUT2D eigenvalue weighted by atomic mass is 15.1. The van der Waals surface area contributed by atoms with Crippen LogP contribution in [-0.4, -0.2) is 18.0 Å². The van der Waals surface area contributed by atoms with Crippen LogP contribution in [0.25, 0.3) is 0 Å². The van der Waals surface area contributed by atoms with Crippen LogP contribution in [0.15, 0.2) is 30.3 Å². The molecular formula is C15H23N. The Balaban J connectivity index is 1.93. The summed E-state index contributed by atoms with van der Waals surface area (Å²) in [6, 6.07) is 10.9. The van der Waals surface area contributed by atoms with Crippen molar-refractivity contribution in [2.24, 2.45) is 5.92 Å². The zero-order valence-corrected chi connectivity index (χ0v) is 10.4. The fraction of sp³-hybridized carbons (Fsp3) is 0.600. The van der Waals surface area contributed by atoms with Crippen molar-refractivity contribution in [2.75, 3.05) is 13.1 Å². The lowest BCUT2D eigenvalue weighted by atomic mass is 10.0. The molecule has 1 fully saturated rings. The van der Waals surface area contributed by atoms with E-state index in [0.29, 0.717) is 0 Å². The van der Waals surface area contributed by atoms with Crippen LogP contribution in [0.4, 0.5) is 0 Å². The largest absolute Gasteiger partial charge is 0.299 e. The molecular weight excluding hydrogens is 194 g/mol. The fourth-order valence-electron chi connectivity index (χ4n) is 2.63. The maximum atomic E-state index is 2.64. The summed E-state index contributed by atoms with van der Waals surface area (Å²) in [5.74, 6) is 0.922. The minimum atomic E-state index is 0.922. The Labute approximate surface area is 99.5 Å². The van der Waals surface area contributed by atoms with Crippen molar-refractivity contribution < 1.29 is 0 Å². The van der Waals surface area contributed by atoms with Crippen molar-refractivity contribution in [1.29, 1.82) is 0 Å². The first-order valence-corrected chi connectivity index (χ1v) is 6.64. The van der Waals surface area contributed by atoms with Crippen LogP contribution in [-0.2, 0) is 6.54 Å². The zero-order chi connectivity index (χ0) is 11.2. The predicted molar refractivity (Wildman–Crippen MR) is 69.4 cm³/mol. The average Bonchev–Trinajstić information content (AvgIpc) is 2.55. The van der Waals surface area contributed by atoms with E-state index in [1.165, 1.54) is 44.3 Å². The van der Waals surface area contributed by atoms with Crippen molar-refractivity contribution in [1.82, 2.24) is 4.90 Å². The zero-order valence-electron chi connectivity index (χ0n) is 10.4. The van der Waals surface area contributed by atoms with Gasteiger partial charge in [-0.05, 0) is 30.9 Å². The maximum absolute atomic E-state index is 2.64. The van der Waals surface area contributed by atoms with E-state index in [4.69, 9.17) is 0 Å². The van der Waals surface area contributed by atoms with Crippen LogP contribution in [0.1, 0.15) is 38.2 Å². The second kappa shape index (κ2) is 6.05. The molecule has 1 atom stereocenters. The van der Waals surface area contributed by atoms with Gasteiger partial charge in [-0.15, -0.1) is 0 Å². The predicted octanol–water partition coefficient (Wildman–Crippen LogP) is 3.70. The van der Waals surface area contributed by atoms with Gasteiger partial charge in [0.15, 0.2) is 0 Å². The van der Waals surface area contributed by atoms with E-state index in [0.717, 1.165) is 12.5 Å². The Kier molecular flexibility index (Phi) is 4.41. The first kappa shape index (κ1) is 11.7. The fourth-order valence-corrected chi connectivity index (χ4v) is 2.63. The topological polar surface area (TPSA) is 3.24 Å². The third-order valence-corrected chi connectivity index (χ3v) is 3.68. The molecule has 0 radical (unpaired) electrons. The van der Waals surface area contributed by atoms with Crippen LogP contribution in [0.3, 0.4) is 0 Å². The van der Waals surface area contributed by atoms with Gasteiger partial charge in [-0.1, -0.05) is 50.1 Å². The molecule has 0 N–H and O–H groups in total. The Morgan fingerprint density at radius 2 is 2.00 bits per heavy atom. The first-order chi connectivity index (χ1) is 7.88. The number of hydrogen-bond donors (Lipinski definition) is 0. The summed E-state index contributed by atoms with van der Waals surface area (Å²) < 4.78 is 0. The van der Waals surface area contributed by atoms with Gasteiger partial charge < -0.3 is 0 Å². The lowest BCUT2D eigenvalue weighted by Crippen LogP contribution is -2.27. The lowest BCUT2D eigenvalue weighted by Gasteiger charge is -2.23. The molecule has 2 rings (SSSR count). The second-order valence-corrected chi connectivity index (χ2v) is 4.99. The third-order valence-electron chi connectivity index (χ3n) is 3.68. The second-order valence-electron chi connectivity index (χ2n) is 4.99. The molecule has 88 valence electrons. The van der Waals surface area contributed by atoms with E-state index in [2.05, 4.69) is 42.2 Å². The molecule has 1 unspecified atom stereocenters. The number of benzene rings is 1. The minimum absolute atomic E-state index is 0.922. The standard InChI is InChI=1S/C15H23N/c1-2-14-8-6-7-11-16(12-14)13-15-9-4-3-5-10-15/h3-5,9-10,14H,2,6-8,11-13H2,1H3. The maximum Gasteiger partial charge on any atom is 0.0233 e. The third kappa shape index (κ3) is 3.34. The van der Waals surface area contributed by atoms with Crippen LogP contribution < -0.4 is 0 Å². The van der Waals surface area contributed by atoms with E-state index in [9.17, 15) is 0 Å². The molecule has 1 aromatic carbocycles. The molecule has 1 heteroatoms. The SMILES string of the molecule is CCC1CCCCN(Cc2ccccc2)C1. The van der Waals surface area contributed by atoms with Crippen LogP contribution in [0, 0.1) is 5.92 Å². The monoisotopic (exact) mass is 217 g/mol. The highest BCUT2D eigenvalue weighted by Gasteiger charge is 2.16. The quantitative estimate of drug-likeness (QED) is 0.746. The van der Waals surface area contributed by atoms with E-state index < -0.39 is 0 Å².